The van der Waals surface area contributed by atoms with Crippen molar-refractivity contribution in [1.29, 1.82) is 0 Å². The highest BCUT2D eigenvalue weighted by atomic mass is 32.2. The van der Waals surface area contributed by atoms with Crippen molar-refractivity contribution in [1.82, 2.24) is 14.8 Å². The Labute approximate surface area is 193 Å². The first kappa shape index (κ1) is 23.5. The molecule has 0 aliphatic rings. The molecule has 0 aliphatic heterocycles. The molecule has 168 valence electrons. The average molecular weight is 452 g/mol. The van der Waals surface area contributed by atoms with Gasteiger partial charge in [-0.25, -0.2) is 0 Å². The Morgan fingerprint density at radius 2 is 1.66 bits per heavy atom. The maximum absolute atomic E-state index is 12.6. The van der Waals surface area contributed by atoms with E-state index in [9.17, 15) is 9.59 Å². The average Bonchev–Trinajstić information content (AvgIpc) is 3.17. The molecule has 0 radical (unpaired) electrons. The number of aromatic nitrogens is 3. The number of hydrogen-bond acceptors (Lipinski definition) is 5. The monoisotopic (exact) mass is 451 g/mol. The van der Waals surface area contributed by atoms with Crippen LogP contribution in [0.1, 0.15) is 36.4 Å². The number of thioether (sulfide) groups is 1. The fraction of sp³-hybridized carbons (Fsp3) is 0.333. The second-order valence-corrected chi connectivity index (χ2v) is 8.41. The van der Waals surface area contributed by atoms with Gasteiger partial charge >= 0.3 is 0 Å². The molecule has 0 fully saturated rings. The van der Waals surface area contributed by atoms with Gasteiger partial charge in [-0.1, -0.05) is 49.0 Å². The molecule has 0 saturated carbocycles. The van der Waals surface area contributed by atoms with Crippen molar-refractivity contribution in [2.75, 3.05) is 16.4 Å². The minimum atomic E-state index is -0.147. The number of anilines is 2. The topological polar surface area (TPSA) is 88.9 Å². The van der Waals surface area contributed by atoms with Gasteiger partial charge in [-0.2, -0.15) is 0 Å². The summed E-state index contributed by atoms with van der Waals surface area (Å²) in [5.41, 5.74) is 4.90. The summed E-state index contributed by atoms with van der Waals surface area (Å²) in [6.07, 6.45) is 0.964. The third-order valence-corrected chi connectivity index (χ3v) is 6.28. The molecule has 0 spiro atoms. The first-order chi connectivity index (χ1) is 15.4. The van der Waals surface area contributed by atoms with Crippen molar-refractivity contribution in [3.05, 3.63) is 65.0 Å². The van der Waals surface area contributed by atoms with Gasteiger partial charge in [0.15, 0.2) is 5.16 Å². The van der Waals surface area contributed by atoms with E-state index in [1.54, 1.807) is 0 Å². The first-order valence-electron chi connectivity index (χ1n) is 10.7. The van der Waals surface area contributed by atoms with Gasteiger partial charge in [-0.05, 0) is 56.0 Å². The molecule has 1 aromatic heterocycles. The molecule has 1 heterocycles. The van der Waals surface area contributed by atoms with E-state index >= 15 is 0 Å². The Morgan fingerprint density at radius 1 is 0.938 bits per heavy atom. The summed E-state index contributed by atoms with van der Waals surface area (Å²) in [4.78, 5) is 25.0. The molecule has 0 unspecified atom stereocenters. The summed E-state index contributed by atoms with van der Waals surface area (Å²) in [5, 5.41) is 15.0. The van der Waals surface area contributed by atoms with Crippen LogP contribution in [0, 0.1) is 13.8 Å². The van der Waals surface area contributed by atoms with Crippen LogP contribution in [0.25, 0.3) is 0 Å². The molecule has 0 aliphatic carbocycles. The molecule has 3 rings (SSSR count). The number of carbonyl (C=O) groups excluding carboxylic acids is 2. The van der Waals surface area contributed by atoms with Gasteiger partial charge in [-0.3, -0.25) is 9.59 Å². The van der Waals surface area contributed by atoms with Crippen LogP contribution in [0.3, 0.4) is 0 Å². The highest BCUT2D eigenvalue weighted by Gasteiger charge is 2.17. The predicted molar refractivity (Wildman–Crippen MR) is 129 cm³/mol. The minimum Gasteiger partial charge on any atom is -0.325 e. The van der Waals surface area contributed by atoms with Crippen molar-refractivity contribution in [3.63, 3.8) is 0 Å². The summed E-state index contributed by atoms with van der Waals surface area (Å²) < 4.78 is 1.88. The number of nitrogens with zero attached hydrogens (tertiary/aromatic N) is 3. The third-order valence-electron chi connectivity index (χ3n) is 5.31. The Bertz CT molecular complexity index is 1110. The summed E-state index contributed by atoms with van der Waals surface area (Å²) >= 11 is 1.31. The van der Waals surface area contributed by atoms with Crippen molar-refractivity contribution in [2.45, 2.75) is 52.2 Å². The SMILES string of the molecule is CCc1ccccc1NC(=O)CSc1nnc(CC(=O)Nc2cccc(C)c2C)n1CC. The fourth-order valence-electron chi connectivity index (χ4n) is 3.37. The second kappa shape index (κ2) is 10.9. The molecule has 0 atom stereocenters. The maximum atomic E-state index is 12.6. The molecule has 0 saturated heterocycles. The molecular formula is C24H29N5O2S. The normalized spacial score (nSPS) is 10.8. The standard InChI is InChI=1S/C24H29N5O2S/c1-5-18-11-7-8-12-20(18)26-23(31)15-32-24-28-27-21(29(24)6-2)14-22(30)25-19-13-9-10-16(3)17(19)4/h7-13H,5-6,14-15H2,1-4H3,(H,25,30)(H,26,31). The number of nitrogens with one attached hydrogen (secondary N) is 2. The van der Waals surface area contributed by atoms with Crippen LogP contribution in [-0.4, -0.2) is 32.3 Å². The van der Waals surface area contributed by atoms with E-state index in [0.717, 1.165) is 34.5 Å². The number of aryl methyl sites for hydroxylation is 2. The van der Waals surface area contributed by atoms with Gasteiger partial charge in [-0.15, -0.1) is 10.2 Å². The number of benzene rings is 2. The Kier molecular flexibility index (Phi) is 8.05. The van der Waals surface area contributed by atoms with Crippen LogP contribution >= 0.6 is 11.8 Å². The van der Waals surface area contributed by atoms with E-state index in [0.29, 0.717) is 17.5 Å². The zero-order valence-electron chi connectivity index (χ0n) is 18.9. The summed E-state index contributed by atoms with van der Waals surface area (Å²) in [6.45, 7) is 8.64. The minimum absolute atomic E-state index is 0.101. The van der Waals surface area contributed by atoms with Gasteiger partial charge in [0.2, 0.25) is 11.8 Å². The lowest BCUT2D eigenvalue weighted by atomic mass is 10.1. The highest BCUT2D eigenvalue weighted by molar-refractivity contribution is 7.99. The molecule has 8 heteroatoms. The van der Waals surface area contributed by atoms with E-state index in [1.807, 2.05) is 67.8 Å². The fourth-order valence-corrected chi connectivity index (χ4v) is 4.19. The Morgan fingerprint density at radius 3 is 2.41 bits per heavy atom. The lowest BCUT2D eigenvalue weighted by Crippen LogP contribution is -2.18. The van der Waals surface area contributed by atoms with Crippen molar-refractivity contribution >= 4 is 35.0 Å². The van der Waals surface area contributed by atoms with Crippen LogP contribution in [-0.2, 0) is 29.0 Å². The van der Waals surface area contributed by atoms with Crippen molar-refractivity contribution < 1.29 is 9.59 Å². The van der Waals surface area contributed by atoms with Crippen LogP contribution in [0.4, 0.5) is 11.4 Å². The lowest BCUT2D eigenvalue weighted by molar-refractivity contribution is -0.116. The summed E-state index contributed by atoms with van der Waals surface area (Å²) in [7, 11) is 0. The number of para-hydroxylation sites is 1. The van der Waals surface area contributed by atoms with E-state index in [1.165, 1.54) is 11.8 Å². The molecule has 2 aromatic carbocycles. The predicted octanol–water partition coefficient (Wildman–Crippen LogP) is 4.39. The van der Waals surface area contributed by atoms with E-state index in [-0.39, 0.29) is 24.0 Å². The van der Waals surface area contributed by atoms with Crippen molar-refractivity contribution in [3.8, 4) is 0 Å². The largest absolute Gasteiger partial charge is 0.325 e. The maximum Gasteiger partial charge on any atom is 0.234 e. The molecule has 0 bridgehead atoms. The Hall–Kier alpha value is -3.13. The van der Waals surface area contributed by atoms with Gasteiger partial charge in [0, 0.05) is 17.9 Å². The zero-order valence-corrected chi connectivity index (χ0v) is 19.8. The van der Waals surface area contributed by atoms with Gasteiger partial charge in [0.25, 0.3) is 0 Å². The zero-order chi connectivity index (χ0) is 23.1. The number of rotatable bonds is 9. The molecule has 7 nitrogen and oxygen atoms in total. The Balaban J connectivity index is 1.61. The van der Waals surface area contributed by atoms with E-state index < -0.39 is 0 Å². The highest BCUT2D eigenvalue weighted by Crippen LogP contribution is 2.21. The number of amides is 2. The lowest BCUT2D eigenvalue weighted by Gasteiger charge is -2.11. The summed E-state index contributed by atoms with van der Waals surface area (Å²) in [6, 6.07) is 13.6. The van der Waals surface area contributed by atoms with Gasteiger partial charge < -0.3 is 15.2 Å². The molecule has 3 aromatic rings. The second-order valence-electron chi connectivity index (χ2n) is 7.46. The third kappa shape index (κ3) is 5.76. The molecule has 32 heavy (non-hydrogen) atoms. The quantitative estimate of drug-likeness (QED) is 0.471. The number of hydrogen-bond donors (Lipinski definition) is 2. The van der Waals surface area contributed by atoms with Crippen LogP contribution in [0.2, 0.25) is 0 Å². The molecule has 2 N–H and O–H groups in total. The molecular weight excluding hydrogens is 422 g/mol. The van der Waals surface area contributed by atoms with E-state index in [4.69, 9.17) is 0 Å². The van der Waals surface area contributed by atoms with Gasteiger partial charge in [0.05, 0.1) is 12.2 Å². The van der Waals surface area contributed by atoms with Crippen LogP contribution in [0.15, 0.2) is 47.6 Å². The van der Waals surface area contributed by atoms with Gasteiger partial charge in [0.1, 0.15) is 5.82 Å². The van der Waals surface area contributed by atoms with E-state index in [2.05, 4.69) is 27.8 Å². The van der Waals surface area contributed by atoms with Crippen LogP contribution in [0.5, 0.6) is 0 Å². The summed E-state index contributed by atoms with van der Waals surface area (Å²) in [5.74, 6) is 0.543. The number of carbonyl (C=O) groups is 2. The first-order valence-corrected chi connectivity index (χ1v) is 11.7. The van der Waals surface area contributed by atoms with Crippen LogP contribution < -0.4 is 10.6 Å². The molecule has 2 amide bonds. The smallest absolute Gasteiger partial charge is 0.234 e. The van der Waals surface area contributed by atoms with Crippen molar-refractivity contribution in [2.24, 2.45) is 0 Å².